The Balaban J connectivity index is 1.81. The molecule has 0 radical (unpaired) electrons. The van der Waals surface area contributed by atoms with Crippen molar-refractivity contribution in [2.75, 3.05) is 6.54 Å². The summed E-state index contributed by atoms with van der Waals surface area (Å²) < 4.78 is 0. The minimum atomic E-state index is -0.324. The third kappa shape index (κ3) is 3.67. The smallest absolute Gasteiger partial charge is 0.272 e. The van der Waals surface area contributed by atoms with Crippen LogP contribution in [0.15, 0.2) is 23.0 Å². The van der Waals surface area contributed by atoms with Crippen LogP contribution in [-0.2, 0) is 25.9 Å². The highest BCUT2D eigenvalue weighted by atomic mass is 16.6. The summed E-state index contributed by atoms with van der Waals surface area (Å²) in [5.41, 5.74) is 3.31. The van der Waals surface area contributed by atoms with Gasteiger partial charge in [-0.15, -0.1) is 0 Å². The lowest BCUT2D eigenvalue weighted by molar-refractivity contribution is -0.385. The minimum Gasteiger partial charge on any atom is -0.310 e. The van der Waals surface area contributed by atoms with Crippen LogP contribution in [0.2, 0.25) is 0 Å². The predicted molar refractivity (Wildman–Crippen MR) is 99.2 cm³/mol. The fraction of sp³-hybridized carbons (Fsp3) is 0.474. The molecule has 0 saturated carbocycles. The number of hydrogen-bond acceptors (Lipinski definition) is 5. The zero-order valence-corrected chi connectivity index (χ0v) is 15.4. The van der Waals surface area contributed by atoms with Crippen LogP contribution in [0.5, 0.6) is 0 Å². The summed E-state index contributed by atoms with van der Waals surface area (Å²) in [6, 6.07) is 5.42. The van der Waals surface area contributed by atoms with E-state index < -0.39 is 0 Å². The monoisotopic (exact) mass is 356 g/mol. The molecule has 1 aromatic heterocycles. The van der Waals surface area contributed by atoms with Crippen molar-refractivity contribution in [1.82, 2.24) is 14.9 Å². The second-order valence-electron chi connectivity index (χ2n) is 7.07. The average Bonchev–Trinajstić information content (AvgIpc) is 2.61. The molecule has 0 unspecified atom stereocenters. The molecular formula is C19H24N4O3. The number of H-pyrrole nitrogens is 1. The molecule has 2 aromatic rings. The van der Waals surface area contributed by atoms with Gasteiger partial charge in [-0.25, -0.2) is 4.98 Å². The van der Waals surface area contributed by atoms with Gasteiger partial charge in [0.15, 0.2) is 0 Å². The molecule has 26 heavy (non-hydrogen) atoms. The highest BCUT2D eigenvalue weighted by Crippen LogP contribution is 2.23. The summed E-state index contributed by atoms with van der Waals surface area (Å²) in [5.74, 6) is 0.914. The predicted octanol–water partition coefficient (Wildman–Crippen LogP) is 2.92. The van der Waals surface area contributed by atoms with Crippen LogP contribution in [0.4, 0.5) is 5.69 Å². The number of nitrogens with zero attached hydrogens (tertiary/aromatic N) is 3. The molecule has 0 atom stereocenters. The number of benzene rings is 1. The molecule has 1 aliphatic rings. The number of aromatic nitrogens is 2. The number of hydrogen-bond donors (Lipinski definition) is 1. The van der Waals surface area contributed by atoms with Gasteiger partial charge in [0.2, 0.25) is 0 Å². The fourth-order valence-corrected chi connectivity index (χ4v) is 3.34. The van der Waals surface area contributed by atoms with Crippen LogP contribution >= 0.6 is 0 Å². The van der Waals surface area contributed by atoms with Crippen LogP contribution in [0.25, 0.3) is 0 Å². The third-order valence-corrected chi connectivity index (χ3v) is 4.85. The molecule has 138 valence electrons. The van der Waals surface area contributed by atoms with Crippen molar-refractivity contribution in [3.63, 3.8) is 0 Å². The molecule has 1 N–H and O–H groups in total. The largest absolute Gasteiger partial charge is 0.310 e. The zero-order chi connectivity index (χ0) is 18.8. The molecule has 0 fully saturated rings. The maximum Gasteiger partial charge on any atom is 0.272 e. The highest BCUT2D eigenvalue weighted by Gasteiger charge is 2.22. The van der Waals surface area contributed by atoms with Gasteiger partial charge in [-0.1, -0.05) is 32.9 Å². The SMILES string of the molecule is CCc1ccc(CN2CCc3nc(C(C)C)[nH]c(=O)c3C2)cc1[N+](=O)[O-]. The van der Waals surface area contributed by atoms with E-state index in [1.165, 1.54) is 0 Å². The summed E-state index contributed by atoms with van der Waals surface area (Å²) in [7, 11) is 0. The molecule has 7 nitrogen and oxygen atoms in total. The Morgan fingerprint density at radius 2 is 2.15 bits per heavy atom. The average molecular weight is 356 g/mol. The van der Waals surface area contributed by atoms with Gasteiger partial charge in [-0.05, 0) is 12.0 Å². The molecule has 7 heteroatoms. The van der Waals surface area contributed by atoms with Crippen LogP contribution in [0.3, 0.4) is 0 Å². The number of nitro benzene ring substituents is 1. The standard InChI is InChI=1S/C19H24N4O3/c1-4-14-6-5-13(9-17(14)23(25)26)10-22-8-7-16-15(11-22)19(24)21-18(20-16)12(2)3/h5-6,9,12H,4,7-8,10-11H2,1-3H3,(H,20,21,24). The lowest BCUT2D eigenvalue weighted by Gasteiger charge is -2.28. The van der Waals surface area contributed by atoms with E-state index in [4.69, 9.17) is 0 Å². The van der Waals surface area contributed by atoms with Crippen LogP contribution < -0.4 is 5.56 Å². The fourth-order valence-electron chi connectivity index (χ4n) is 3.34. The topological polar surface area (TPSA) is 92.1 Å². The number of fused-ring (bicyclic) bond motifs is 1. The van der Waals surface area contributed by atoms with Crippen molar-refractivity contribution in [2.24, 2.45) is 0 Å². The van der Waals surface area contributed by atoms with E-state index in [9.17, 15) is 14.9 Å². The van der Waals surface area contributed by atoms with E-state index >= 15 is 0 Å². The van der Waals surface area contributed by atoms with Crippen molar-refractivity contribution >= 4 is 5.69 Å². The molecule has 0 bridgehead atoms. The molecule has 2 heterocycles. The first-order chi connectivity index (χ1) is 12.4. The van der Waals surface area contributed by atoms with Gasteiger partial charge in [0.05, 0.1) is 16.2 Å². The summed E-state index contributed by atoms with van der Waals surface area (Å²) in [6.45, 7) is 7.80. The first kappa shape index (κ1) is 18.3. The summed E-state index contributed by atoms with van der Waals surface area (Å²) in [4.78, 5) is 33.0. The van der Waals surface area contributed by atoms with Crippen LogP contribution in [-0.4, -0.2) is 26.3 Å². The Labute approximate surface area is 152 Å². The Morgan fingerprint density at radius 3 is 2.81 bits per heavy atom. The third-order valence-electron chi connectivity index (χ3n) is 4.85. The first-order valence-corrected chi connectivity index (χ1v) is 8.99. The summed E-state index contributed by atoms with van der Waals surface area (Å²) in [5, 5.41) is 11.3. The van der Waals surface area contributed by atoms with Gasteiger partial charge < -0.3 is 4.98 Å². The van der Waals surface area contributed by atoms with Crippen molar-refractivity contribution in [3.05, 3.63) is 66.9 Å². The molecule has 0 amide bonds. The number of aryl methyl sites for hydroxylation is 1. The quantitative estimate of drug-likeness (QED) is 0.657. The molecule has 0 aliphatic carbocycles. The van der Waals surface area contributed by atoms with E-state index in [0.29, 0.717) is 31.5 Å². The Kier molecular flexibility index (Phi) is 5.18. The second-order valence-corrected chi connectivity index (χ2v) is 7.07. The zero-order valence-electron chi connectivity index (χ0n) is 15.4. The molecule has 3 rings (SSSR count). The first-order valence-electron chi connectivity index (χ1n) is 8.99. The van der Waals surface area contributed by atoms with Gasteiger partial charge in [-0.2, -0.15) is 0 Å². The summed E-state index contributed by atoms with van der Waals surface area (Å²) in [6.07, 6.45) is 1.35. The van der Waals surface area contributed by atoms with E-state index in [1.807, 2.05) is 32.9 Å². The van der Waals surface area contributed by atoms with Gasteiger partial charge in [0, 0.05) is 43.6 Å². The highest BCUT2D eigenvalue weighted by molar-refractivity contribution is 5.43. The van der Waals surface area contributed by atoms with E-state index in [1.54, 1.807) is 6.07 Å². The molecule has 0 saturated heterocycles. The number of nitro groups is 1. The van der Waals surface area contributed by atoms with Gasteiger partial charge in [0.25, 0.3) is 11.2 Å². The van der Waals surface area contributed by atoms with Crippen molar-refractivity contribution < 1.29 is 4.92 Å². The maximum atomic E-state index is 12.4. The van der Waals surface area contributed by atoms with E-state index in [-0.39, 0.29) is 22.1 Å². The van der Waals surface area contributed by atoms with Crippen LogP contribution in [0, 0.1) is 10.1 Å². The lowest BCUT2D eigenvalue weighted by atomic mass is 10.0. The Morgan fingerprint density at radius 1 is 1.38 bits per heavy atom. The van der Waals surface area contributed by atoms with Gasteiger partial charge >= 0.3 is 0 Å². The van der Waals surface area contributed by atoms with Crippen molar-refractivity contribution in [2.45, 2.75) is 52.6 Å². The molecular weight excluding hydrogens is 332 g/mol. The van der Waals surface area contributed by atoms with Crippen molar-refractivity contribution in [1.29, 1.82) is 0 Å². The number of nitrogens with one attached hydrogen (secondary N) is 1. The molecule has 1 aromatic carbocycles. The van der Waals surface area contributed by atoms with Gasteiger partial charge in [0.1, 0.15) is 5.82 Å². The minimum absolute atomic E-state index is 0.0734. The second kappa shape index (κ2) is 7.37. The summed E-state index contributed by atoms with van der Waals surface area (Å²) >= 11 is 0. The van der Waals surface area contributed by atoms with Crippen molar-refractivity contribution in [3.8, 4) is 0 Å². The van der Waals surface area contributed by atoms with E-state index in [0.717, 1.165) is 29.2 Å². The Hall–Kier alpha value is -2.54. The van der Waals surface area contributed by atoms with Crippen LogP contribution in [0.1, 0.15) is 54.9 Å². The number of rotatable bonds is 5. The molecule has 0 spiro atoms. The maximum absolute atomic E-state index is 12.4. The Bertz CT molecular complexity index is 889. The van der Waals surface area contributed by atoms with E-state index in [2.05, 4.69) is 14.9 Å². The lowest BCUT2D eigenvalue weighted by Crippen LogP contribution is -2.36. The van der Waals surface area contributed by atoms with Gasteiger partial charge in [-0.3, -0.25) is 19.8 Å². The molecule has 1 aliphatic heterocycles. The normalized spacial score (nSPS) is 14.5. The number of aromatic amines is 1.